The molecule has 0 bridgehead atoms. The molecule has 2 heterocycles. The van der Waals surface area contributed by atoms with Crippen LogP contribution in [0.2, 0.25) is 0 Å². The van der Waals surface area contributed by atoms with Crippen molar-refractivity contribution in [1.29, 1.82) is 0 Å². The molecule has 2 rings (SSSR count). The maximum atomic E-state index is 9.28. The number of aromatic nitrogens is 2. The van der Waals surface area contributed by atoms with Crippen LogP contribution in [0.15, 0.2) is 4.52 Å². The first-order chi connectivity index (χ1) is 8.08. The molecule has 1 aliphatic rings. The molecule has 1 aromatic heterocycles. The van der Waals surface area contributed by atoms with E-state index in [4.69, 9.17) is 4.52 Å². The molecule has 1 fully saturated rings. The normalized spacial score (nSPS) is 23.5. The zero-order valence-electron chi connectivity index (χ0n) is 10.8. The quantitative estimate of drug-likeness (QED) is 0.863. The standard InChI is InChI=1S/C12H21N3O2/c1-8(2)15-6-4-5-10(15)12-13-11(17-14-12)7-9(3)16/h8-10,16H,4-7H2,1-3H3. The van der Waals surface area contributed by atoms with Gasteiger partial charge in [0.25, 0.3) is 0 Å². The van der Waals surface area contributed by atoms with Gasteiger partial charge in [0.05, 0.1) is 18.6 Å². The lowest BCUT2D eigenvalue weighted by molar-refractivity contribution is 0.180. The Labute approximate surface area is 102 Å². The van der Waals surface area contributed by atoms with Gasteiger partial charge in [0, 0.05) is 6.04 Å². The fourth-order valence-electron chi connectivity index (χ4n) is 2.42. The smallest absolute Gasteiger partial charge is 0.229 e. The minimum Gasteiger partial charge on any atom is -0.393 e. The maximum absolute atomic E-state index is 9.28. The van der Waals surface area contributed by atoms with E-state index in [1.807, 2.05) is 0 Å². The van der Waals surface area contributed by atoms with Crippen molar-refractivity contribution < 1.29 is 9.63 Å². The Kier molecular flexibility index (Phi) is 3.79. The lowest BCUT2D eigenvalue weighted by Gasteiger charge is -2.25. The van der Waals surface area contributed by atoms with E-state index in [0.29, 0.717) is 18.4 Å². The Hall–Kier alpha value is -0.940. The first-order valence-corrected chi connectivity index (χ1v) is 6.34. The largest absolute Gasteiger partial charge is 0.393 e. The van der Waals surface area contributed by atoms with Crippen LogP contribution in [0, 0.1) is 0 Å². The van der Waals surface area contributed by atoms with E-state index in [9.17, 15) is 5.11 Å². The summed E-state index contributed by atoms with van der Waals surface area (Å²) in [6, 6.07) is 0.780. The van der Waals surface area contributed by atoms with Gasteiger partial charge in [-0.15, -0.1) is 0 Å². The van der Waals surface area contributed by atoms with E-state index < -0.39 is 6.10 Å². The van der Waals surface area contributed by atoms with Crippen LogP contribution in [-0.4, -0.2) is 38.8 Å². The van der Waals surface area contributed by atoms with Crippen molar-refractivity contribution >= 4 is 0 Å². The molecule has 17 heavy (non-hydrogen) atoms. The van der Waals surface area contributed by atoms with Crippen LogP contribution < -0.4 is 0 Å². The number of nitrogens with zero attached hydrogens (tertiary/aromatic N) is 3. The first kappa shape index (κ1) is 12.5. The summed E-state index contributed by atoms with van der Waals surface area (Å²) in [7, 11) is 0. The topological polar surface area (TPSA) is 62.4 Å². The molecule has 2 atom stereocenters. The minimum atomic E-state index is -0.437. The fraction of sp³-hybridized carbons (Fsp3) is 0.833. The molecule has 1 saturated heterocycles. The van der Waals surface area contributed by atoms with Gasteiger partial charge in [-0.2, -0.15) is 4.98 Å². The summed E-state index contributed by atoms with van der Waals surface area (Å²) in [5, 5.41) is 13.3. The summed E-state index contributed by atoms with van der Waals surface area (Å²) in [5.74, 6) is 1.30. The second kappa shape index (κ2) is 5.14. The number of rotatable bonds is 4. The van der Waals surface area contributed by atoms with Crippen LogP contribution in [0.5, 0.6) is 0 Å². The average molecular weight is 239 g/mol. The zero-order chi connectivity index (χ0) is 12.4. The van der Waals surface area contributed by atoms with E-state index in [2.05, 4.69) is 28.9 Å². The van der Waals surface area contributed by atoms with Gasteiger partial charge in [-0.3, -0.25) is 4.90 Å². The molecule has 0 aliphatic carbocycles. The van der Waals surface area contributed by atoms with Crippen LogP contribution in [0.1, 0.15) is 51.4 Å². The number of hydrogen-bond donors (Lipinski definition) is 1. The van der Waals surface area contributed by atoms with Gasteiger partial charge in [0.1, 0.15) is 0 Å². The molecule has 5 heteroatoms. The highest BCUT2D eigenvalue weighted by Gasteiger charge is 2.31. The number of likely N-dealkylation sites (tertiary alicyclic amines) is 1. The summed E-state index contributed by atoms with van der Waals surface area (Å²) in [4.78, 5) is 6.79. The lowest BCUT2D eigenvalue weighted by atomic mass is 10.2. The third kappa shape index (κ3) is 2.84. The molecule has 1 aromatic rings. The lowest BCUT2D eigenvalue weighted by Crippen LogP contribution is -2.30. The second-order valence-electron chi connectivity index (χ2n) is 5.09. The fourth-order valence-corrected chi connectivity index (χ4v) is 2.42. The van der Waals surface area contributed by atoms with Gasteiger partial charge in [-0.1, -0.05) is 5.16 Å². The van der Waals surface area contributed by atoms with Crippen molar-refractivity contribution in [3.05, 3.63) is 11.7 Å². The van der Waals surface area contributed by atoms with E-state index in [1.54, 1.807) is 6.92 Å². The van der Waals surface area contributed by atoms with Crippen LogP contribution in [0.3, 0.4) is 0 Å². The summed E-state index contributed by atoms with van der Waals surface area (Å²) < 4.78 is 5.17. The number of aliphatic hydroxyl groups is 1. The minimum absolute atomic E-state index is 0.279. The molecule has 2 unspecified atom stereocenters. The van der Waals surface area contributed by atoms with Gasteiger partial charge in [-0.25, -0.2) is 0 Å². The molecule has 5 nitrogen and oxygen atoms in total. The van der Waals surface area contributed by atoms with Gasteiger partial charge in [0.15, 0.2) is 5.82 Å². The van der Waals surface area contributed by atoms with Crippen LogP contribution in [0.25, 0.3) is 0 Å². The van der Waals surface area contributed by atoms with Crippen molar-refractivity contribution in [1.82, 2.24) is 15.0 Å². The van der Waals surface area contributed by atoms with Gasteiger partial charge in [-0.05, 0) is 40.2 Å². The third-order valence-corrected chi connectivity index (χ3v) is 3.21. The summed E-state index contributed by atoms with van der Waals surface area (Å²) in [5.41, 5.74) is 0. The molecule has 0 spiro atoms. The van der Waals surface area contributed by atoms with Crippen molar-refractivity contribution in [2.45, 2.75) is 58.2 Å². The van der Waals surface area contributed by atoms with E-state index >= 15 is 0 Å². The molecule has 1 N–H and O–H groups in total. The Morgan fingerprint density at radius 1 is 1.47 bits per heavy atom. The average Bonchev–Trinajstić information content (AvgIpc) is 2.82. The van der Waals surface area contributed by atoms with Crippen LogP contribution >= 0.6 is 0 Å². The number of hydrogen-bond acceptors (Lipinski definition) is 5. The maximum Gasteiger partial charge on any atom is 0.229 e. The zero-order valence-corrected chi connectivity index (χ0v) is 10.8. The molecule has 0 aromatic carbocycles. The predicted octanol–water partition coefficient (Wildman–Crippen LogP) is 1.54. The Bertz CT molecular complexity index is 362. The van der Waals surface area contributed by atoms with Gasteiger partial charge in [0.2, 0.25) is 5.89 Å². The van der Waals surface area contributed by atoms with E-state index in [1.165, 1.54) is 6.42 Å². The van der Waals surface area contributed by atoms with Gasteiger partial charge < -0.3 is 9.63 Å². The van der Waals surface area contributed by atoms with Gasteiger partial charge >= 0.3 is 0 Å². The first-order valence-electron chi connectivity index (χ1n) is 6.34. The van der Waals surface area contributed by atoms with Crippen molar-refractivity contribution in [2.75, 3.05) is 6.54 Å². The van der Waals surface area contributed by atoms with Crippen molar-refractivity contribution in [3.63, 3.8) is 0 Å². The SMILES string of the molecule is CC(O)Cc1nc(C2CCCN2C(C)C)no1. The van der Waals surface area contributed by atoms with Crippen molar-refractivity contribution in [2.24, 2.45) is 0 Å². The molecular formula is C12H21N3O2. The Balaban J connectivity index is 2.08. The highest BCUT2D eigenvalue weighted by atomic mass is 16.5. The second-order valence-corrected chi connectivity index (χ2v) is 5.09. The molecule has 0 radical (unpaired) electrons. The highest BCUT2D eigenvalue weighted by Crippen LogP contribution is 2.31. The molecule has 96 valence electrons. The molecule has 1 aliphatic heterocycles. The molecule has 0 saturated carbocycles. The summed E-state index contributed by atoms with van der Waals surface area (Å²) >= 11 is 0. The molecular weight excluding hydrogens is 218 g/mol. The number of aliphatic hydroxyl groups excluding tert-OH is 1. The van der Waals surface area contributed by atoms with Crippen molar-refractivity contribution in [3.8, 4) is 0 Å². The highest BCUT2D eigenvalue weighted by molar-refractivity contribution is 4.99. The predicted molar refractivity (Wildman–Crippen MR) is 63.5 cm³/mol. The Morgan fingerprint density at radius 2 is 2.24 bits per heavy atom. The monoisotopic (exact) mass is 239 g/mol. The van der Waals surface area contributed by atoms with E-state index in [0.717, 1.165) is 18.8 Å². The van der Waals surface area contributed by atoms with Crippen LogP contribution in [-0.2, 0) is 6.42 Å². The van der Waals surface area contributed by atoms with E-state index in [-0.39, 0.29) is 6.04 Å². The summed E-state index contributed by atoms with van der Waals surface area (Å²) in [6.07, 6.45) is 2.27. The Morgan fingerprint density at radius 3 is 2.88 bits per heavy atom. The summed E-state index contributed by atoms with van der Waals surface area (Å²) in [6.45, 7) is 7.20. The van der Waals surface area contributed by atoms with Crippen LogP contribution in [0.4, 0.5) is 0 Å². The molecule has 0 amide bonds. The third-order valence-electron chi connectivity index (χ3n) is 3.21.